The molecule has 1 N–H and O–H groups in total. The van der Waals surface area contributed by atoms with Crippen molar-refractivity contribution in [2.24, 2.45) is 0 Å². The molecule has 0 fully saturated rings. The third-order valence-electron chi connectivity index (χ3n) is 3.88. The maximum absolute atomic E-state index is 9.26. The minimum Gasteiger partial charge on any atom is -0.493 e. The number of benzene rings is 1. The molecule has 0 atom stereocenters. The lowest BCUT2D eigenvalue weighted by Gasteiger charge is -2.18. The topological polar surface area (TPSA) is 67.7 Å². The van der Waals surface area contributed by atoms with Crippen LogP contribution in [-0.4, -0.2) is 49.5 Å². The van der Waals surface area contributed by atoms with Gasteiger partial charge in [-0.3, -0.25) is 0 Å². The Morgan fingerprint density at radius 3 is 2.64 bits per heavy atom. The highest BCUT2D eigenvalue weighted by Crippen LogP contribution is 2.41. The Bertz CT molecular complexity index is 900. The summed E-state index contributed by atoms with van der Waals surface area (Å²) in [4.78, 5) is 11.4. The number of aliphatic hydroxyl groups is 1. The number of anilines is 1. The van der Waals surface area contributed by atoms with E-state index in [4.69, 9.17) is 21.1 Å². The number of halogens is 1. The quantitative estimate of drug-likeness (QED) is 0.661. The lowest BCUT2D eigenvalue weighted by atomic mass is 10.1. The molecule has 25 heavy (non-hydrogen) atoms. The van der Waals surface area contributed by atoms with E-state index in [1.165, 1.54) is 11.3 Å². The number of ether oxygens (including phenoxy) is 2. The number of hydrogen-bond donors (Lipinski definition) is 1. The fourth-order valence-electron chi connectivity index (χ4n) is 2.65. The lowest BCUT2D eigenvalue weighted by Crippen LogP contribution is -2.22. The lowest BCUT2D eigenvalue weighted by molar-refractivity contribution is 0.304. The molecular weight excluding hydrogens is 362 g/mol. The van der Waals surface area contributed by atoms with Crippen LogP contribution < -0.4 is 14.4 Å². The number of hydrogen-bond acceptors (Lipinski definition) is 7. The molecule has 8 heteroatoms. The molecular formula is C17H18ClN3O3S. The van der Waals surface area contributed by atoms with Crippen LogP contribution in [0.1, 0.15) is 0 Å². The highest BCUT2D eigenvalue weighted by Gasteiger charge is 2.18. The second kappa shape index (κ2) is 7.43. The van der Waals surface area contributed by atoms with E-state index in [0.29, 0.717) is 23.9 Å². The maximum Gasteiger partial charge on any atom is 0.225 e. The van der Waals surface area contributed by atoms with Crippen molar-refractivity contribution in [3.8, 4) is 22.6 Å². The molecule has 0 unspecified atom stereocenters. The first-order valence-electron chi connectivity index (χ1n) is 7.58. The van der Waals surface area contributed by atoms with E-state index in [0.717, 1.165) is 21.3 Å². The van der Waals surface area contributed by atoms with E-state index in [2.05, 4.69) is 9.97 Å². The number of aliphatic hydroxyl groups excluding tert-OH is 1. The zero-order chi connectivity index (χ0) is 18.0. The molecule has 3 aromatic rings. The summed E-state index contributed by atoms with van der Waals surface area (Å²) in [6, 6.07) is 5.75. The Morgan fingerprint density at radius 1 is 1.20 bits per heavy atom. The predicted molar refractivity (Wildman–Crippen MR) is 101 cm³/mol. The van der Waals surface area contributed by atoms with Gasteiger partial charge in [-0.1, -0.05) is 6.07 Å². The summed E-state index contributed by atoms with van der Waals surface area (Å²) in [6.45, 7) is 0.471. The fraction of sp³-hybridized carbons (Fsp3) is 0.294. The summed E-state index contributed by atoms with van der Waals surface area (Å²) in [6.07, 6.45) is 0. The van der Waals surface area contributed by atoms with Crippen molar-refractivity contribution in [2.75, 3.05) is 39.3 Å². The van der Waals surface area contributed by atoms with Gasteiger partial charge in [0, 0.05) is 24.5 Å². The van der Waals surface area contributed by atoms with Gasteiger partial charge < -0.3 is 19.5 Å². The number of thiophene rings is 1. The van der Waals surface area contributed by atoms with Gasteiger partial charge in [-0.15, -0.1) is 11.3 Å². The summed E-state index contributed by atoms with van der Waals surface area (Å²) in [5.41, 5.74) is 1.95. The van der Waals surface area contributed by atoms with Crippen LogP contribution in [0.3, 0.4) is 0 Å². The Hall–Kier alpha value is -2.09. The van der Waals surface area contributed by atoms with Gasteiger partial charge in [0.25, 0.3) is 0 Å². The number of methoxy groups -OCH3 is 2. The second-order valence-electron chi connectivity index (χ2n) is 5.36. The molecule has 132 valence electrons. The van der Waals surface area contributed by atoms with Crippen LogP contribution >= 0.6 is 22.9 Å². The second-order valence-corrected chi connectivity index (χ2v) is 6.56. The smallest absolute Gasteiger partial charge is 0.225 e. The minimum atomic E-state index is 0.0233. The Balaban J connectivity index is 2.20. The molecule has 6 nitrogen and oxygen atoms in total. The predicted octanol–water partition coefficient (Wildman–Crippen LogP) is 3.46. The zero-order valence-corrected chi connectivity index (χ0v) is 15.7. The van der Waals surface area contributed by atoms with Gasteiger partial charge in [0.1, 0.15) is 10.6 Å². The zero-order valence-electron chi connectivity index (χ0n) is 14.1. The monoisotopic (exact) mass is 379 g/mol. The van der Waals surface area contributed by atoms with E-state index in [-0.39, 0.29) is 11.9 Å². The molecule has 2 aromatic heterocycles. The van der Waals surface area contributed by atoms with Gasteiger partial charge in [0.15, 0.2) is 11.5 Å². The van der Waals surface area contributed by atoms with Gasteiger partial charge >= 0.3 is 0 Å². The summed E-state index contributed by atoms with van der Waals surface area (Å²) in [5.74, 6) is 2.01. The molecule has 0 spiro atoms. The normalized spacial score (nSPS) is 10.9. The highest BCUT2D eigenvalue weighted by molar-refractivity contribution is 7.17. The van der Waals surface area contributed by atoms with Crippen LogP contribution in [0.4, 0.5) is 5.82 Å². The van der Waals surface area contributed by atoms with Crippen molar-refractivity contribution in [1.29, 1.82) is 0 Å². The van der Waals surface area contributed by atoms with E-state index >= 15 is 0 Å². The van der Waals surface area contributed by atoms with E-state index in [1.807, 2.05) is 35.5 Å². The highest BCUT2D eigenvalue weighted by atomic mass is 35.5. The van der Waals surface area contributed by atoms with Gasteiger partial charge in [0.05, 0.1) is 26.2 Å². The van der Waals surface area contributed by atoms with E-state index in [1.54, 1.807) is 14.2 Å². The van der Waals surface area contributed by atoms with Gasteiger partial charge in [-0.2, -0.15) is 4.98 Å². The Kier molecular flexibility index (Phi) is 5.27. The summed E-state index contributed by atoms with van der Waals surface area (Å²) in [5, 5.41) is 12.4. The van der Waals surface area contributed by atoms with Crippen LogP contribution in [-0.2, 0) is 0 Å². The van der Waals surface area contributed by atoms with Crippen LogP contribution in [0.15, 0.2) is 23.6 Å². The molecule has 0 aliphatic carbocycles. The number of fused-ring (bicyclic) bond motifs is 1. The largest absolute Gasteiger partial charge is 0.493 e. The van der Waals surface area contributed by atoms with Crippen LogP contribution in [0.2, 0.25) is 5.28 Å². The third-order valence-corrected chi connectivity index (χ3v) is 4.92. The molecule has 1 aromatic carbocycles. The van der Waals surface area contributed by atoms with Crippen molar-refractivity contribution in [1.82, 2.24) is 9.97 Å². The van der Waals surface area contributed by atoms with Crippen LogP contribution in [0.5, 0.6) is 11.5 Å². The van der Waals surface area contributed by atoms with Crippen molar-refractivity contribution in [3.63, 3.8) is 0 Å². The average molecular weight is 380 g/mol. The molecule has 0 saturated heterocycles. The summed E-state index contributed by atoms with van der Waals surface area (Å²) >= 11 is 7.57. The Labute approximate surface area is 154 Å². The molecule has 0 bridgehead atoms. The van der Waals surface area contributed by atoms with Crippen molar-refractivity contribution >= 4 is 39.0 Å². The molecule has 3 rings (SSSR count). The number of nitrogens with zero attached hydrogens (tertiary/aromatic N) is 3. The third kappa shape index (κ3) is 3.35. The van der Waals surface area contributed by atoms with Crippen LogP contribution in [0, 0.1) is 0 Å². The standard InChI is InChI=1S/C17H18ClN3O3S/c1-21(6-7-22)15-14-11(9-25-16(14)20-17(18)19-15)10-4-5-12(23-2)13(8-10)24-3/h4-5,8-9,22H,6-7H2,1-3H3. The molecule has 0 saturated carbocycles. The SMILES string of the molecule is COc1ccc(-c2csc3nc(Cl)nc(N(C)CCO)c23)cc1OC. The molecule has 0 aliphatic rings. The van der Waals surface area contributed by atoms with Gasteiger partial charge in [-0.05, 0) is 29.3 Å². The van der Waals surface area contributed by atoms with E-state index < -0.39 is 0 Å². The average Bonchev–Trinajstić information content (AvgIpc) is 3.04. The number of likely N-dealkylation sites (N-methyl/N-ethyl adjacent to an activating group) is 1. The van der Waals surface area contributed by atoms with E-state index in [9.17, 15) is 5.11 Å². The first kappa shape index (κ1) is 17.7. The van der Waals surface area contributed by atoms with Crippen molar-refractivity contribution < 1.29 is 14.6 Å². The molecule has 2 heterocycles. The molecule has 0 amide bonds. The first-order valence-corrected chi connectivity index (χ1v) is 8.84. The first-order chi connectivity index (χ1) is 12.1. The summed E-state index contributed by atoms with van der Waals surface area (Å²) in [7, 11) is 5.08. The minimum absolute atomic E-state index is 0.0233. The van der Waals surface area contributed by atoms with Crippen LogP contribution in [0.25, 0.3) is 21.3 Å². The van der Waals surface area contributed by atoms with Crippen molar-refractivity contribution in [2.45, 2.75) is 0 Å². The molecule has 0 aliphatic heterocycles. The van der Waals surface area contributed by atoms with Gasteiger partial charge in [-0.25, -0.2) is 4.98 Å². The molecule has 0 radical (unpaired) electrons. The Morgan fingerprint density at radius 2 is 1.96 bits per heavy atom. The number of rotatable bonds is 6. The fourth-order valence-corrected chi connectivity index (χ4v) is 3.80. The van der Waals surface area contributed by atoms with Crippen molar-refractivity contribution in [3.05, 3.63) is 28.9 Å². The van der Waals surface area contributed by atoms with Gasteiger partial charge in [0.2, 0.25) is 5.28 Å². The summed E-state index contributed by atoms with van der Waals surface area (Å²) < 4.78 is 10.7. The maximum atomic E-state index is 9.26. The number of aromatic nitrogens is 2.